The van der Waals surface area contributed by atoms with E-state index in [1.807, 2.05) is 30.3 Å². The van der Waals surface area contributed by atoms with Crippen molar-refractivity contribution in [3.05, 3.63) is 64.7 Å². The molecule has 3 rings (SSSR count). The standard InChI is InChI=1S/C18H18ClNO4S/c1-25(22,23)17-11-14(7-8-15(17)19)18(21)20-9-10-24-16(12-20)13-5-3-2-4-6-13/h2-8,11,16H,9-10,12H2,1H3. The Morgan fingerprint density at radius 2 is 1.92 bits per heavy atom. The predicted molar refractivity (Wildman–Crippen MR) is 95.6 cm³/mol. The fourth-order valence-corrected chi connectivity index (χ4v) is 4.11. The van der Waals surface area contributed by atoms with Gasteiger partial charge >= 0.3 is 0 Å². The molecule has 1 saturated heterocycles. The summed E-state index contributed by atoms with van der Waals surface area (Å²) in [6.07, 6.45) is 0.878. The number of hydrogen-bond acceptors (Lipinski definition) is 4. The number of hydrogen-bond donors (Lipinski definition) is 0. The molecule has 0 N–H and O–H groups in total. The van der Waals surface area contributed by atoms with Gasteiger partial charge in [-0.15, -0.1) is 0 Å². The molecular formula is C18H18ClNO4S. The first-order valence-electron chi connectivity index (χ1n) is 7.81. The average molecular weight is 380 g/mol. The SMILES string of the molecule is CS(=O)(=O)c1cc(C(=O)N2CCOC(c3ccccc3)C2)ccc1Cl. The van der Waals surface area contributed by atoms with Gasteiger partial charge in [0.25, 0.3) is 5.91 Å². The second-order valence-corrected chi connectivity index (χ2v) is 8.33. The van der Waals surface area contributed by atoms with Crippen LogP contribution in [0.15, 0.2) is 53.4 Å². The summed E-state index contributed by atoms with van der Waals surface area (Å²) < 4.78 is 29.4. The highest BCUT2D eigenvalue weighted by Gasteiger charge is 2.27. The number of rotatable bonds is 3. The van der Waals surface area contributed by atoms with E-state index < -0.39 is 9.84 Å². The fourth-order valence-electron chi connectivity index (χ4n) is 2.81. The topological polar surface area (TPSA) is 63.7 Å². The normalized spacial score (nSPS) is 18.2. The molecule has 1 unspecified atom stereocenters. The lowest BCUT2D eigenvalue weighted by Crippen LogP contribution is -2.42. The maximum absolute atomic E-state index is 12.8. The second-order valence-electron chi connectivity index (χ2n) is 5.94. The average Bonchev–Trinajstić information content (AvgIpc) is 2.61. The Labute approximate surface area is 152 Å². The predicted octanol–water partition coefficient (Wildman–Crippen LogP) is 2.96. The van der Waals surface area contributed by atoms with Crippen LogP contribution >= 0.6 is 11.6 Å². The highest BCUT2D eigenvalue weighted by Crippen LogP contribution is 2.26. The molecule has 0 aromatic heterocycles. The van der Waals surface area contributed by atoms with Crippen molar-refractivity contribution in [3.8, 4) is 0 Å². The monoisotopic (exact) mass is 379 g/mol. The molecule has 1 aliphatic heterocycles. The summed E-state index contributed by atoms with van der Waals surface area (Å²) in [7, 11) is -3.50. The number of carbonyl (C=O) groups is 1. The Balaban J connectivity index is 1.83. The van der Waals surface area contributed by atoms with E-state index in [0.717, 1.165) is 11.8 Å². The van der Waals surface area contributed by atoms with Crippen LogP contribution in [0, 0.1) is 0 Å². The third-order valence-electron chi connectivity index (χ3n) is 4.10. The fraction of sp³-hybridized carbons (Fsp3) is 0.278. The molecule has 132 valence electrons. The van der Waals surface area contributed by atoms with Gasteiger partial charge in [0.15, 0.2) is 9.84 Å². The van der Waals surface area contributed by atoms with E-state index in [1.165, 1.54) is 12.1 Å². The molecular weight excluding hydrogens is 362 g/mol. The van der Waals surface area contributed by atoms with E-state index in [-0.39, 0.29) is 21.9 Å². The number of sulfone groups is 1. The molecule has 0 bridgehead atoms. The zero-order valence-electron chi connectivity index (χ0n) is 13.7. The maximum Gasteiger partial charge on any atom is 0.254 e. The van der Waals surface area contributed by atoms with Gasteiger partial charge in [-0.05, 0) is 23.8 Å². The van der Waals surface area contributed by atoms with Crippen molar-refractivity contribution in [2.45, 2.75) is 11.0 Å². The summed E-state index contributed by atoms with van der Waals surface area (Å²) in [5.74, 6) is -0.231. The zero-order valence-corrected chi connectivity index (χ0v) is 15.3. The first-order valence-corrected chi connectivity index (χ1v) is 10.1. The summed E-state index contributed by atoms with van der Waals surface area (Å²) in [6.45, 7) is 1.30. The minimum Gasteiger partial charge on any atom is -0.370 e. The van der Waals surface area contributed by atoms with E-state index in [0.29, 0.717) is 25.3 Å². The van der Waals surface area contributed by atoms with Crippen molar-refractivity contribution in [2.75, 3.05) is 26.0 Å². The number of nitrogens with zero attached hydrogens (tertiary/aromatic N) is 1. The molecule has 0 radical (unpaired) electrons. The van der Waals surface area contributed by atoms with Gasteiger partial charge in [0.2, 0.25) is 0 Å². The molecule has 1 heterocycles. The Bertz CT molecular complexity index is 883. The van der Waals surface area contributed by atoms with Crippen LogP contribution in [-0.2, 0) is 14.6 Å². The molecule has 1 atom stereocenters. The quantitative estimate of drug-likeness (QED) is 0.822. The molecule has 0 spiro atoms. The number of halogens is 1. The Hall–Kier alpha value is -1.89. The van der Waals surface area contributed by atoms with E-state index in [4.69, 9.17) is 16.3 Å². The second kappa shape index (κ2) is 7.15. The maximum atomic E-state index is 12.8. The molecule has 2 aromatic rings. The summed E-state index contributed by atoms with van der Waals surface area (Å²) in [6, 6.07) is 14.0. The van der Waals surface area contributed by atoms with E-state index in [2.05, 4.69) is 0 Å². The van der Waals surface area contributed by atoms with Gasteiger partial charge in [-0.3, -0.25) is 4.79 Å². The van der Waals surface area contributed by atoms with Gasteiger partial charge < -0.3 is 9.64 Å². The lowest BCUT2D eigenvalue weighted by atomic mass is 10.1. The first kappa shape index (κ1) is 17.9. The van der Waals surface area contributed by atoms with Crippen LogP contribution in [0.1, 0.15) is 22.0 Å². The lowest BCUT2D eigenvalue weighted by molar-refractivity contribution is -0.0228. The molecule has 25 heavy (non-hydrogen) atoms. The Morgan fingerprint density at radius 1 is 1.20 bits per heavy atom. The summed E-state index contributed by atoms with van der Waals surface area (Å²) >= 11 is 5.95. The molecule has 1 amide bonds. The van der Waals surface area contributed by atoms with Gasteiger partial charge in [0, 0.05) is 18.4 Å². The van der Waals surface area contributed by atoms with Gasteiger partial charge in [-0.2, -0.15) is 0 Å². The van der Waals surface area contributed by atoms with Crippen molar-refractivity contribution >= 4 is 27.3 Å². The van der Waals surface area contributed by atoms with Gasteiger partial charge in [-0.1, -0.05) is 41.9 Å². The van der Waals surface area contributed by atoms with E-state index in [1.54, 1.807) is 11.0 Å². The molecule has 0 aliphatic carbocycles. The number of carbonyl (C=O) groups excluding carboxylic acids is 1. The summed E-state index contributed by atoms with van der Waals surface area (Å²) in [5, 5.41) is 0.114. The first-order chi connectivity index (χ1) is 11.9. The lowest BCUT2D eigenvalue weighted by Gasteiger charge is -2.33. The third-order valence-corrected chi connectivity index (χ3v) is 5.68. The number of morpholine rings is 1. The minimum absolute atomic E-state index is 0.0344. The third kappa shape index (κ3) is 4.03. The van der Waals surface area contributed by atoms with Crippen LogP contribution in [0.2, 0.25) is 5.02 Å². The minimum atomic E-state index is -3.50. The molecule has 2 aromatic carbocycles. The highest BCUT2D eigenvalue weighted by molar-refractivity contribution is 7.90. The van der Waals surface area contributed by atoms with Gasteiger partial charge in [-0.25, -0.2) is 8.42 Å². The van der Waals surface area contributed by atoms with Crippen LogP contribution in [0.25, 0.3) is 0 Å². The van der Waals surface area contributed by atoms with Crippen LogP contribution in [-0.4, -0.2) is 45.2 Å². The molecule has 5 nitrogen and oxygen atoms in total. The Kier molecular flexibility index (Phi) is 5.13. The van der Waals surface area contributed by atoms with Crippen molar-refractivity contribution in [1.82, 2.24) is 4.90 Å². The van der Waals surface area contributed by atoms with E-state index in [9.17, 15) is 13.2 Å². The number of amides is 1. The van der Waals surface area contributed by atoms with Crippen LogP contribution in [0.4, 0.5) is 0 Å². The molecule has 0 saturated carbocycles. The van der Waals surface area contributed by atoms with Gasteiger partial charge in [0.05, 0.1) is 23.1 Å². The van der Waals surface area contributed by atoms with Crippen molar-refractivity contribution in [3.63, 3.8) is 0 Å². The largest absolute Gasteiger partial charge is 0.370 e. The van der Waals surface area contributed by atoms with Crippen LogP contribution < -0.4 is 0 Å². The van der Waals surface area contributed by atoms with Crippen LogP contribution in [0.5, 0.6) is 0 Å². The Morgan fingerprint density at radius 3 is 2.60 bits per heavy atom. The summed E-state index contributed by atoms with van der Waals surface area (Å²) in [4.78, 5) is 14.4. The number of benzene rings is 2. The molecule has 1 fully saturated rings. The summed E-state index contributed by atoms with van der Waals surface area (Å²) in [5.41, 5.74) is 1.31. The van der Waals surface area contributed by atoms with Gasteiger partial charge in [0.1, 0.15) is 6.10 Å². The highest BCUT2D eigenvalue weighted by atomic mass is 35.5. The van der Waals surface area contributed by atoms with Crippen molar-refractivity contribution < 1.29 is 17.9 Å². The molecule has 1 aliphatic rings. The smallest absolute Gasteiger partial charge is 0.254 e. The van der Waals surface area contributed by atoms with Crippen LogP contribution in [0.3, 0.4) is 0 Å². The van der Waals surface area contributed by atoms with Crippen molar-refractivity contribution in [1.29, 1.82) is 0 Å². The van der Waals surface area contributed by atoms with E-state index >= 15 is 0 Å². The number of ether oxygens (including phenoxy) is 1. The zero-order chi connectivity index (χ0) is 18.0. The van der Waals surface area contributed by atoms with Crippen molar-refractivity contribution in [2.24, 2.45) is 0 Å². The molecule has 7 heteroatoms.